The largest absolute Gasteiger partial charge is 0.465 e. The van der Waals surface area contributed by atoms with Crippen molar-refractivity contribution in [2.45, 2.75) is 32.4 Å². The van der Waals surface area contributed by atoms with Gasteiger partial charge in [0.1, 0.15) is 6.04 Å². The van der Waals surface area contributed by atoms with Crippen LogP contribution in [-0.4, -0.2) is 40.8 Å². The molecule has 0 spiro atoms. The minimum absolute atomic E-state index is 0.250. The maximum atomic E-state index is 12.7. The smallest absolute Gasteiger partial charge is 0.339 e. The summed E-state index contributed by atoms with van der Waals surface area (Å²) in [6.07, 6.45) is 4.98. The molecule has 0 amide bonds. The molecule has 9 heteroatoms. The summed E-state index contributed by atoms with van der Waals surface area (Å²) in [6, 6.07) is 23.1. The summed E-state index contributed by atoms with van der Waals surface area (Å²) in [6.45, 7) is 6.58. The molecule has 0 radical (unpaired) electrons. The number of carbonyl (C=O) groups is 1. The number of rotatable bonds is 6. The van der Waals surface area contributed by atoms with Crippen LogP contribution in [0.2, 0.25) is 5.02 Å². The standard InChI is InChI=1S/C33H34ClN5O2S/c1-21-17-22(2)20-37(19-21)28-14-13-23(18-25(28)34)39-31(30(36-33(39)42)26-10-6-7-15-35-26)29-12-8-16-38(29)27-11-5-4-9-24(27)32(40)41-3/h4-16,18,21-22,30-31H,17,19-20H2,1-3H3,(H,36,42)/t21-,22-,30-,31+/m0/s1. The Kier molecular flexibility index (Phi) is 7.92. The second kappa shape index (κ2) is 11.8. The number of ether oxygens (including phenoxy) is 1. The Morgan fingerprint density at radius 2 is 1.76 bits per heavy atom. The van der Waals surface area contributed by atoms with Crippen LogP contribution in [0.5, 0.6) is 0 Å². The summed E-state index contributed by atoms with van der Waals surface area (Å²) < 4.78 is 7.13. The highest BCUT2D eigenvalue weighted by molar-refractivity contribution is 7.80. The number of esters is 1. The SMILES string of the molecule is COC(=O)c1ccccc1-n1cccc1[C@@H]1[C@H](c2ccccn2)NC(=S)N1c1ccc(N2C[C@@H](C)C[C@H](C)C2)c(Cl)c1. The molecule has 0 bridgehead atoms. The maximum Gasteiger partial charge on any atom is 0.339 e. The van der Waals surface area contributed by atoms with Crippen molar-refractivity contribution in [3.05, 3.63) is 107 Å². The van der Waals surface area contributed by atoms with Crippen LogP contribution in [-0.2, 0) is 4.74 Å². The zero-order valence-electron chi connectivity index (χ0n) is 23.9. The molecule has 6 rings (SSSR count). The quantitative estimate of drug-likeness (QED) is 0.190. The second-order valence-corrected chi connectivity index (χ2v) is 12.1. The first-order valence-corrected chi connectivity index (χ1v) is 15.0. The number of halogens is 1. The highest BCUT2D eigenvalue weighted by Crippen LogP contribution is 2.44. The van der Waals surface area contributed by atoms with Gasteiger partial charge in [-0.05, 0) is 85.1 Å². The third-order valence-electron chi connectivity index (χ3n) is 8.17. The zero-order chi connectivity index (χ0) is 29.4. The fourth-order valence-electron chi connectivity index (χ4n) is 6.52. The van der Waals surface area contributed by atoms with Crippen molar-refractivity contribution in [1.82, 2.24) is 14.9 Å². The molecule has 0 saturated carbocycles. The molecule has 4 atom stereocenters. The summed E-state index contributed by atoms with van der Waals surface area (Å²) in [5, 5.41) is 4.80. The molecule has 2 aliphatic heterocycles. The monoisotopic (exact) mass is 599 g/mol. The first-order valence-electron chi connectivity index (χ1n) is 14.3. The second-order valence-electron chi connectivity index (χ2n) is 11.3. The molecule has 0 aliphatic carbocycles. The van der Waals surface area contributed by atoms with Gasteiger partial charge in [-0.2, -0.15) is 0 Å². The minimum Gasteiger partial charge on any atom is -0.465 e. The molecule has 42 heavy (non-hydrogen) atoms. The van der Waals surface area contributed by atoms with E-state index in [1.807, 2.05) is 59.3 Å². The summed E-state index contributed by atoms with van der Waals surface area (Å²) in [5.74, 6) is 0.834. The van der Waals surface area contributed by atoms with Crippen molar-refractivity contribution in [3.8, 4) is 5.69 Å². The number of nitrogens with one attached hydrogen (secondary N) is 1. The number of aromatic nitrogens is 2. The van der Waals surface area contributed by atoms with E-state index in [-0.39, 0.29) is 12.1 Å². The Labute approximate surface area is 257 Å². The van der Waals surface area contributed by atoms with Crippen LogP contribution >= 0.6 is 23.8 Å². The van der Waals surface area contributed by atoms with Crippen LogP contribution < -0.4 is 15.1 Å². The summed E-state index contributed by atoms with van der Waals surface area (Å²) >= 11 is 13.0. The van der Waals surface area contributed by atoms with E-state index in [0.29, 0.717) is 27.5 Å². The van der Waals surface area contributed by atoms with Gasteiger partial charge < -0.3 is 24.4 Å². The lowest BCUT2D eigenvalue weighted by atomic mass is 9.91. The number of hydrogen-bond acceptors (Lipinski definition) is 5. The van der Waals surface area contributed by atoms with Crippen molar-refractivity contribution in [3.63, 3.8) is 0 Å². The number of para-hydroxylation sites is 1. The van der Waals surface area contributed by atoms with Crippen molar-refractivity contribution in [1.29, 1.82) is 0 Å². The number of anilines is 2. The van der Waals surface area contributed by atoms with Gasteiger partial charge in [-0.25, -0.2) is 4.79 Å². The van der Waals surface area contributed by atoms with Gasteiger partial charge in [-0.1, -0.05) is 43.6 Å². The molecular formula is C33H34ClN5O2S. The minimum atomic E-state index is -0.396. The van der Waals surface area contributed by atoms with E-state index in [2.05, 4.69) is 52.1 Å². The molecule has 1 N–H and O–H groups in total. The van der Waals surface area contributed by atoms with Gasteiger partial charge >= 0.3 is 5.97 Å². The van der Waals surface area contributed by atoms with Gasteiger partial charge in [0.25, 0.3) is 0 Å². The molecule has 2 aromatic carbocycles. The Hall–Kier alpha value is -3.88. The predicted octanol–water partition coefficient (Wildman–Crippen LogP) is 6.97. The van der Waals surface area contributed by atoms with Crippen LogP contribution in [0.15, 0.2) is 85.2 Å². The van der Waals surface area contributed by atoms with Gasteiger partial charge in [0.2, 0.25) is 0 Å². The molecule has 2 aliphatic rings. The molecule has 7 nitrogen and oxygen atoms in total. The fourth-order valence-corrected chi connectivity index (χ4v) is 7.16. The maximum absolute atomic E-state index is 12.7. The zero-order valence-corrected chi connectivity index (χ0v) is 25.5. The molecule has 2 fully saturated rings. The molecule has 4 heterocycles. The van der Waals surface area contributed by atoms with Gasteiger partial charge in [0.15, 0.2) is 5.11 Å². The Morgan fingerprint density at radius 1 is 1.00 bits per heavy atom. The van der Waals surface area contributed by atoms with Crippen molar-refractivity contribution in [2.24, 2.45) is 11.8 Å². The van der Waals surface area contributed by atoms with Gasteiger partial charge in [0, 0.05) is 36.9 Å². The average molecular weight is 600 g/mol. The van der Waals surface area contributed by atoms with E-state index < -0.39 is 5.97 Å². The number of nitrogens with zero attached hydrogens (tertiary/aromatic N) is 4. The summed E-state index contributed by atoms with van der Waals surface area (Å²) in [7, 11) is 1.40. The number of pyridine rings is 1. The van der Waals surface area contributed by atoms with Crippen molar-refractivity contribution < 1.29 is 9.53 Å². The Morgan fingerprint density at radius 3 is 2.48 bits per heavy atom. The predicted molar refractivity (Wildman–Crippen MR) is 172 cm³/mol. The first-order chi connectivity index (χ1) is 20.4. The number of methoxy groups -OCH3 is 1. The van der Waals surface area contributed by atoms with Crippen LogP contribution in [0.1, 0.15) is 54.1 Å². The number of piperidine rings is 1. The lowest BCUT2D eigenvalue weighted by molar-refractivity contribution is 0.0600. The third-order valence-corrected chi connectivity index (χ3v) is 8.79. The van der Waals surface area contributed by atoms with Crippen LogP contribution in [0, 0.1) is 11.8 Å². The fraction of sp³-hybridized carbons (Fsp3) is 0.303. The van der Waals surface area contributed by atoms with Crippen molar-refractivity contribution in [2.75, 3.05) is 30.0 Å². The number of benzene rings is 2. The molecule has 216 valence electrons. The van der Waals surface area contributed by atoms with Crippen LogP contribution in [0.4, 0.5) is 11.4 Å². The molecule has 4 aromatic rings. The van der Waals surface area contributed by atoms with Crippen LogP contribution in [0.3, 0.4) is 0 Å². The van der Waals surface area contributed by atoms with E-state index in [1.54, 1.807) is 12.3 Å². The molecule has 0 unspecified atom stereocenters. The van der Waals surface area contributed by atoms with Crippen molar-refractivity contribution >= 4 is 46.3 Å². The van der Waals surface area contributed by atoms with E-state index >= 15 is 0 Å². The Bertz CT molecular complexity index is 1600. The summed E-state index contributed by atoms with van der Waals surface area (Å²) in [4.78, 5) is 21.9. The highest BCUT2D eigenvalue weighted by Gasteiger charge is 2.42. The normalized spacial score (nSPS) is 22.2. The lowest BCUT2D eigenvalue weighted by Crippen LogP contribution is -2.38. The number of thiocarbonyl (C=S) groups is 1. The van der Waals surface area contributed by atoms with Gasteiger partial charge in [-0.15, -0.1) is 0 Å². The number of carbonyl (C=O) groups excluding carboxylic acids is 1. The number of hydrogen-bond donors (Lipinski definition) is 1. The Balaban J connectivity index is 1.45. The van der Waals surface area contributed by atoms with Gasteiger partial charge in [-0.3, -0.25) is 4.98 Å². The lowest BCUT2D eigenvalue weighted by Gasteiger charge is -2.37. The van der Waals surface area contributed by atoms with Gasteiger partial charge in [0.05, 0.1) is 40.8 Å². The molecular weight excluding hydrogens is 566 g/mol. The highest BCUT2D eigenvalue weighted by atomic mass is 35.5. The van der Waals surface area contributed by atoms with E-state index in [1.165, 1.54) is 13.5 Å². The third kappa shape index (κ3) is 5.25. The van der Waals surface area contributed by atoms with E-state index in [0.717, 1.165) is 41.5 Å². The first kappa shape index (κ1) is 28.2. The molecule has 2 aromatic heterocycles. The van der Waals surface area contributed by atoms with E-state index in [9.17, 15) is 4.79 Å². The topological polar surface area (TPSA) is 62.6 Å². The molecule has 2 saturated heterocycles. The average Bonchev–Trinajstić information content (AvgIpc) is 3.60. The van der Waals surface area contributed by atoms with Crippen LogP contribution in [0.25, 0.3) is 5.69 Å². The summed E-state index contributed by atoms with van der Waals surface area (Å²) in [5.41, 5.74) is 4.93. The van der Waals surface area contributed by atoms with E-state index in [4.69, 9.17) is 28.6 Å².